The highest BCUT2D eigenvalue weighted by atomic mass is 32.2. The van der Waals surface area contributed by atoms with Gasteiger partial charge in [0.05, 0.1) is 5.12 Å². The van der Waals surface area contributed by atoms with Crippen molar-refractivity contribution in [3.63, 3.8) is 0 Å². The highest BCUT2D eigenvalue weighted by molar-refractivity contribution is 7.88. The Morgan fingerprint density at radius 1 is 1.71 bits per heavy atom. The summed E-state index contributed by atoms with van der Waals surface area (Å²) in [5.41, 5.74) is 0. The smallest absolute Gasteiger partial charge is 0.323 e. The van der Waals surface area contributed by atoms with Gasteiger partial charge in [0, 0.05) is 23.1 Å². The Labute approximate surface area is 80.1 Å². The molecule has 9 heteroatoms. The van der Waals surface area contributed by atoms with Crippen LogP contribution in [0.25, 0.3) is 0 Å². The zero-order valence-electron chi connectivity index (χ0n) is 6.78. The average Bonchev–Trinajstić information content (AvgIpc) is 2.70. The van der Waals surface area contributed by atoms with E-state index >= 15 is 0 Å². The van der Waals surface area contributed by atoms with Gasteiger partial charge in [-0.05, 0) is 0 Å². The number of amides is 1. The van der Waals surface area contributed by atoms with E-state index < -0.39 is 21.6 Å². The van der Waals surface area contributed by atoms with Crippen molar-refractivity contribution in [2.24, 2.45) is 4.47 Å². The molecule has 1 atom stereocenters. The number of carbonyl (C=O) groups is 1. The van der Waals surface area contributed by atoms with E-state index in [1.54, 1.807) is 6.20 Å². The maximum atomic E-state index is 11.1. The molecule has 0 saturated carbocycles. The van der Waals surface area contributed by atoms with Gasteiger partial charge in [-0.2, -0.15) is 0 Å². The first-order valence-corrected chi connectivity index (χ1v) is 4.93. The minimum absolute atomic E-state index is 0.00843. The summed E-state index contributed by atoms with van der Waals surface area (Å²) in [6, 6.07) is 0. The number of nitrogens with one attached hydrogen (secondary N) is 1. The van der Waals surface area contributed by atoms with Crippen LogP contribution in [0.4, 0.5) is 0 Å². The zero-order chi connectivity index (χ0) is 10.1. The molecule has 0 aliphatic carbocycles. The maximum absolute atomic E-state index is 11.1. The van der Waals surface area contributed by atoms with Gasteiger partial charge in [-0.3, -0.25) is 4.79 Å². The van der Waals surface area contributed by atoms with Gasteiger partial charge in [-0.1, -0.05) is 4.47 Å². The normalized spacial score (nSPS) is 21.0. The fourth-order valence-electron chi connectivity index (χ4n) is 0.950. The molecule has 0 spiro atoms. The van der Waals surface area contributed by atoms with E-state index in [4.69, 9.17) is 0 Å². The molecule has 0 fully saturated rings. The molecule has 1 amide bonds. The third-order valence-corrected chi connectivity index (χ3v) is 3.05. The third kappa shape index (κ3) is 1.37. The molecule has 14 heavy (non-hydrogen) atoms. The Kier molecular flexibility index (Phi) is 2.00. The topological polar surface area (TPSA) is 104 Å². The lowest BCUT2D eigenvalue weighted by atomic mass is 10.7. The van der Waals surface area contributed by atoms with Crippen molar-refractivity contribution in [3.05, 3.63) is 22.5 Å². The van der Waals surface area contributed by atoms with Crippen LogP contribution in [0.2, 0.25) is 0 Å². The number of hydrogen-bond acceptors (Lipinski definition) is 5. The summed E-state index contributed by atoms with van der Waals surface area (Å²) in [4.78, 5) is 28.0. The van der Waals surface area contributed by atoms with Gasteiger partial charge in [-0.25, -0.2) is 15.1 Å². The SMILES string of the molecule is O=C1CS(c2ncc[nH]2)=NN1[N+](=O)[O-]. The minimum atomic E-state index is -0.847. The molecule has 1 unspecified atom stereocenters. The molecular formula is C5H5N5O3S. The highest BCUT2D eigenvalue weighted by Gasteiger charge is 2.33. The van der Waals surface area contributed by atoms with E-state index in [0.717, 1.165) is 0 Å². The molecule has 1 aromatic heterocycles. The maximum Gasteiger partial charge on any atom is 0.323 e. The largest absolute Gasteiger partial charge is 0.339 e. The molecule has 0 saturated heterocycles. The zero-order valence-corrected chi connectivity index (χ0v) is 7.60. The summed E-state index contributed by atoms with van der Waals surface area (Å²) in [6.45, 7) is 0. The number of imidazole rings is 1. The van der Waals surface area contributed by atoms with Crippen LogP contribution in [0.15, 0.2) is 22.0 Å². The van der Waals surface area contributed by atoms with Crippen LogP contribution in [0, 0.1) is 10.1 Å². The predicted molar refractivity (Wildman–Crippen MR) is 45.4 cm³/mol. The number of hydrogen-bond donors (Lipinski definition) is 1. The molecule has 1 N–H and O–H groups in total. The first-order chi connectivity index (χ1) is 6.68. The second-order valence-electron chi connectivity index (χ2n) is 2.41. The Balaban J connectivity index is 2.29. The van der Waals surface area contributed by atoms with Crippen molar-refractivity contribution < 1.29 is 9.83 Å². The quantitative estimate of drug-likeness (QED) is 0.531. The van der Waals surface area contributed by atoms with E-state index in [9.17, 15) is 14.9 Å². The Morgan fingerprint density at radius 3 is 3.00 bits per heavy atom. The number of aromatic nitrogens is 2. The van der Waals surface area contributed by atoms with Gasteiger partial charge in [0.25, 0.3) is 0 Å². The van der Waals surface area contributed by atoms with Crippen LogP contribution in [0.3, 0.4) is 0 Å². The fraction of sp³-hybridized carbons (Fsp3) is 0.200. The van der Waals surface area contributed by atoms with Gasteiger partial charge in [-0.15, -0.1) is 0 Å². The second-order valence-corrected chi connectivity index (χ2v) is 3.97. The molecule has 1 aliphatic rings. The van der Waals surface area contributed by atoms with Crippen molar-refractivity contribution >= 4 is 16.6 Å². The molecular weight excluding hydrogens is 210 g/mol. The van der Waals surface area contributed by atoms with Crippen molar-refractivity contribution in [3.8, 4) is 0 Å². The molecule has 74 valence electrons. The molecule has 8 nitrogen and oxygen atoms in total. The Hall–Kier alpha value is -1.77. The van der Waals surface area contributed by atoms with E-state index in [1.807, 2.05) is 0 Å². The summed E-state index contributed by atoms with van der Waals surface area (Å²) >= 11 is 0. The van der Waals surface area contributed by atoms with Gasteiger partial charge < -0.3 is 4.98 Å². The lowest BCUT2D eigenvalue weighted by Crippen LogP contribution is -2.28. The van der Waals surface area contributed by atoms with E-state index in [0.29, 0.717) is 5.16 Å². The number of H-pyrrole nitrogens is 1. The lowest BCUT2D eigenvalue weighted by Gasteiger charge is -1.94. The fourth-order valence-corrected chi connectivity index (χ4v) is 2.30. The van der Waals surface area contributed by atoms with Gasteiger partial charge in [0.1, 0.15) is 5.75 Å². The molecule has 2 heterocycles. The van der Waals surface area contributed by atoms with Crippen LogP contribution in [-0.2, 0) is 15.5 Å². The molecule has 1 aromatic rings. The average molecular weight is 215 g/mol. The Bertz CT molecular complexity index is 413. The number of rotatable bonds is 2. The van der Waals surface area contributed by atoms with Crippen LogP contribution in [0.1, 0.15) is 0 Å². The van der Waals surface area contributed by atoms with Crippen LogP contribution in [0.5, 0.6) is 0 Å². The molecule has 0 bridgehead atoms. The van der Waals surface area contributed by atoms with Gasteiger partial charge in [0.15, 0.2) is 10.2 Å². The number of aromatic amines is 1. The van der Waals surface area contributed by atoms with Gasteiger partial charge >= 0.3 is 5.91 Å². The van der Waals surface area contributed by atoms with Crippen molar-refractivity contribution in [2.75, 3.05) is 5.75 Å². The molecule has 2 rings (SSSR count). The van der Waals surface area contributed by atoms with E-state index in [1.165, 1.54) is 6.20 Å². The minimum Gasteiger partial charge on any atom is -0.339 e. The molecule has 1 aliphatic heterocycles. The monoisotopic (exact) mass is 215 g/mol. The summed E-state index contributed by atoms with van der Waals surface area (Å²) < 4.78 is 3.63. The number of carbonyl (C=O) groups excluding carboxylic acids is 1. The Morgan fingerprint density at radius 2 is 2.50 bits per heavy atom. The van der Waals surface area contributed by atoms with Crippen molar-refractivity contribution in [2.45, 2.75) is 5.16 Å². The number of nitro groups is 1. The standard InChI is InChI=1S/C5H5N5O3S/c11-4-3-14(5-6-1-2-7-5)8-9(4)10(12)13/h1-2H,3H2,(H,6,7). The van der Waals surface area contributed by atoms with Crippen LogP contribution in [-0.4, -0.2) is 31.8 Å². The summed E-state index contributed by atoms with van der Waals surface area (Å²) in [5.74, 6) is -0.608. The van der Waals surface area contributed by atoms with Crippen molar-refractivity contribution in [1.29, 1.82) is 0 Å². The number of nitrogens with zero attached hydrogens (tertiary/aromatic N) is 4. The summed E-state index contributed by atoms with van der Waals surface area (Å²) in [6.07, 6.45) is 3.09. The number of hydrazine groups is 1. The van der Waals surface area contributed by atoms with Crippen LogP contribution < -0.4 is 0 Å². The summed E-state index contributed by atoms with van der Waals surface area (Å²) in [7, 11) is -0.847. The lowest BCUT2D eigenvalue weighted by molar-refractivity contribution is -0.634. The first kappa shape index (κ1) is 8.81. The van der Waals surface area contributed by atoms with Crippen LogP contribution >= 0.6 is 0 Å². The first-order valence-electron chi connectivity index (χ1n) is 3.58. The third-order valence-electron chi connectivity index (χ3n) is 1.51. The predicted octanol–water partition coefficient (Wildman–Crippen LogP) is -0.481. The van der Waals surface area contributed by atoms with Gasteiger partial charge in [0.2, 0.25) is 0 Å². The van der Waals surface area contributed by atoms with E-state index in [-0.39, 0.29) is 10.9 Å². The van der Waals surface area contributed by atoms with Crippen molar-refractivity contribution in [1.82, 2.24) is 15.1 Å². The van der Waals surface area contributed by atoms with E-state index in [2.05, 4.69) is 14.4 Å². The highest BCUT2D eigenvalue weighted by Crippen LogP contribution is 2.12. The summed E-state index contributed by atoms with van der Waals surface area (Å²) in [5, 5.41) is 10.2. The molecule has 0 radical (unpaired) electrons. The molecule has 0 aromatic carbocycles. The second kappa shape index (κ2) is 3.18.